The van der Waals surface area contributed by atoms with E-state index < -0.39 is 0 Å². The first-order valence-electron chi connectivity index (χ1n) is 6.94. The van der Waals surface area contributed by atoms with Crippen LogP contribution < -0.4 is 0 Å². The van der Waals surface area contributed by atoms with Crippen molar-refractivity contribution in [3.8, 4) is 17.3 Å². The topological polar surface area (TPSA) is 77.5 Å². The van der Waals surface area contributed by atoms with Crippen LogP contribution in [0.4, 0.5) is 0 Å². The van der Waals surface area contributed by atoms with Crippen LogP contribution in [-0.4, -0.2) is 29.5 Å². The van der Waals surface area contributed by atoms with Gasteiger partial charge < -0.3 is 4.42 Å². The normalized spacial score (nSPS) is 11.0. The molecule has 0 bridgehead atoms. The minimum absolute atomic E-state index is 0.514. The molecule has 4 aromatic rings. The highest BCUT2D eigenvalue weighted by Crippen LogP contribution is 2.22. The Morgan fingerprint density at radius 1 is 1.17 bits per heavy atom. The molecule has 0 fully saturated rings. The Hall–Kier alpha value is -3.00. The van der Waals surface area contributed by atoms with Crippen LogP contribution >= 0.6 is 12.2 Å². The Morgan fingerprint density at radius 3 is 2.74 bits per heavy atom. The zero-order valence-corrected chi connectivity index (χ0v) is 12.8. The van der Waals surface area contributed by atoms with E-state index in [9.17, 15) is 0 Å². The second-order valence-electron chi connectivity index (χ2n) is 4.92. The lowest BCUT2D eigenvalue weighted by atomic mass is 10.2. The summed E-state index contributed by atoms with van der Waals surface area (Å²) in [5.41, 5.74) is 2.03. The minimum Gasteiger partial charge on any atom is -0.461 e. The van der Waals surface area contributed by atoms with Gasteiger partial charge in [-0.1, -0.05) is 12.1 Å². The van der Waals surface area contributed by atoms with Gasteiger partial charge in [0.25, 0.3) is 0 Å². The van der Waals surface area contributed by atoms with Crippen molar-refractivity contribution >= 4 is 12.2 Å². The lowest BCUT2D eigenvalue weighted by molar-refractivity contribution is 0.575. The molecule has 0 aliphatic heterocycles. The summed E-state index contributed by atoms with van der Waals surface area (Å²) in [7, 11) is 0. The third kappa shape index (κ3) is 2.59. The van der Waals surface area contributed by atoms with Crippen LogP contribution in [0.15, 0.2) is 59.7 Å². The number of aromatic nitrogens is 6. The fourth-order valence-electron chi connectivity index (χ4n) is 2.36. The number of hydrogen-bond donors (Lipinski definition) is 1. The van der Waals surface area contributed by atoms with E-state index in [1.54, 1.807) is 17.3 Å². The standard InChI is InChI=1S/C15H12N6OS/c23-15-19-18-14(13-2-1-7-22-13)21(15)12-5-3-11(4-6-12)8-20-10-16-9-17-20/h1-7,9-10H,8H2,(H,19,23). The lowest BCUT2D eigenvalue weighted by Crippen LogP contribution is -2.01. The Labute approximate surface area is 136 Å². The summed E-state index contributed by atoms with van der Waals surface area (Å²) in [5.74, 6) is 1.30. The number of aromatic amines is 1. The number of benzene rings is 1. The molecule has 1 N–H and O–H groups in total. The molecule has 0 aliphatic carbocycles. The van der Waals surface area contributed by atoms with E-state index in [4.69, 9.17) is 16.6 Å². The molecule has 0 radical (unpaired) electrons. The number of hydrogen-bond acceptors (Lipinski definition) is 5. The Balaban J connectivity index is 1.69. The highest BCUT2D eigenvalue weighted by Gasteiger charge is 2.12. The smallest absolute Gasteiger partial charge is 0.202 e. The fraction of sp³-hybridized carbons (Fsp3) is 0.0667. The van der Waals surface area contributed by atoms with Crippen LogP contribution in [0.25, 0.3) is 17.3 Å². The van der Waals surface area contributed by atoms with E-state index in [1.165, 1.54) is 6.33 Å². The van der Waals surface area contributed by atoms with Crippen molar-refractivity contribution < 1.29 is 4.42 Å². The molecule has 4 rings (SSSR count). The van der Waals surface area contributed by atoms with Crippen LogP contribution in [0.5, 0.6) is 0 Å². The Morgan fingerprint density at radius 2 is 2.04 bits per heavy atom. The van der Waals surface area contributed by atoms with Crippen molar-refractivity contribution in [1.82, 2.24) is 29.5 Å². The molecule has 0 aliphatic rings. The van der Waals surface area contributed by atoms with Crippen LogP contribution in [-0.2, 0) is 6.54 Å². The maximum atomic E-state index is 5.42. The number of furan rings is 1. The van der Waals surface area contributed by atoms with Gasteiger partial charge in [0.2, 0.25) is 5.82 Å². The van der Waals surface area contributed by atoms with Gasteiger partial charge in [0.1, 0.15) is 12.7 Å². The molecule has 3 aromatic heterocycles. The van der Waals surface area contributed by atoms with E-state index in [-0.39, 0.29) is 0 Å². The molecule has 0 saturated carbocycles. The maximum Gasteiger partial charge on any atom is 0.202 e. The Bertz CT molecular complexity index is 951. The molecule has 1 aromatic carbocycles. The second-order valence-corrected chi connectivity index (χ2v) is 5.31. The quantitative estimate of drug-likeness (QED) is 0.584. The third-order valence-corrected chi connectivity index (χ3v) is 3.69. The van der Waals surface area contributed by atoms with Gasteiger partial charge in [0, 0.05) is 0 Å². The van der Waals surface area contributed by atoms with Crippen molar-refractivity contribution in [2.45, 2.75) is 6.54 Å². The molecule has 7 nitrogen and oxygen atoms in total. The number of H-pyrrole nitrogens is 1. The van der Waals surface area contributed by atoms with E-state index in [2.05, 4.69) is 20.3 Å². The number of nitrogens with zero attached hydrogens (tertiary/aromatic N) is 5. The summed E-state index contributed by atoms with van der Waals surface area (Å²) < 4.78 is 9.55. The molecule has 8 heteroatoms. The van der Waals surface area contributed by atoms with Crippen LogP contribution in [0.1, 0.15) is 5.56 Å². The van der Waals surface area contributed by atoms with E-state index >= 15 is 0 Å². The first-order valence-corrected chi connectivity index (χ1v) is 7.35. The molecule has 23 heavy (non-hydrogen) atoms. The minimum atomic E-state index is 0.514. The largest absolute Gasteiger partial charge is 0.461 e. The molecular formula is C15H12N6OS. The predicted molar refractivity (Wildman–Crippen MR) is 85.6 cm³/mol. The van der Waals surface area contributed by atoms with Gasteiger partial charge in [-0.2, -0.15) is 10.2 Å². The average Bonchev–Trinajstić information content (AvgIpc) is 3.29. The molecule has 0 saturated heterocycles. The molecule has 114 valence electrons. The number of nitrogens with one attached hydrogen (secondary N) is 1. The van der Waals surface area contributed by atoms with Gasteiger partial charge in [-0.05, 0) is 42.0 Å². The highest BCUT2D eigenvalue weighted by molar-refractivity contribution is 7.71. The van der Waals surface area contributed by atoms with Crippen LogP contribution in [0.3, 0.4) is 0 Å². The Kier molecular flexibility index (Phi) is 3.35. The summed E-state index contributed by atoms with van der Waals surface area (Å²) in [6.07, 6.45) is 4.82. The van der Waals surface area contributed by atoms with Gasteiger partial charge in [-0.25, -0.2) is 9.67 Å². The van der Waals surface area contributed by atoms with Gasteiger partial charge >= 0.3 is 0 Å². The predicted octanol–water partition coefficient (Wildman–Crippen LogP) is 2.83. The van der Waals surface area contributed by atoms with Crippen molar-refractivity contribution in [2.24, 2.45) is 0 Å². The third-order valence-electron chi connectivity index (χ3n) is 3.42. The van der Waals surface area contributed by atoms with Gasteiger partial charge in [0.05, 0.1) is 18.5 Å². The molecule has 0 unspecified atom stereocenters. The van der Waals surface area contributed by atoms with Crippen molar-refractivity contribution in [1.29, 1.82) is 0 Å². The van der Waals surface area contributed by atoms with Gasteiger partial charge in [0.15, 0.2) is 10.5 Å². The van der Waals surface area contributed by atoms with E-state index in [0.717, 1.165) is 11.3 Å². The summed E-state index contributed by atoms with van der Waals surface area (Å²) in [5, 5.41) is 11.2. The molecular weight excluding hydrogens is 312 g/mol. The van der Waals surface area contributed by atoms with Crippen molar-refractivity contribution in [3.63, 3.8) is 0 Å². The number of rotatable bonds is 4. The summed E-state index contributed by atoms with van der Waals surface area (Å²) in [6.45, 7) is 0.669. The van der Waals surface area contributed by atoms with Crippen LogP contribution in [0.2, 0.25) is 0 Å². The van der Waals surface area contributed by atoms with E-state index in [0.29, 0.717) is 22.9 Å². The zero-order chi connectivity index (χ0) is 15.6. The van der Waals surface area contributed by atoms with Crippen molar-refractivity contribution in [2.75, 3.05) is 0 Å². The SMILES string of the molecule is S=c1[nH]nc(-c2ccco2)n1-c1ccc(Cn2cncn2)cc1. The summed E-state index contributed by atoms with van der Waals surface area (Å²) in [4.78, 5) is 3.94. The fourth-order valence-corrected chi connectivity index (χ4v) is 2.60. The monoisotopic (exact) mass is 324 g/mol. The van der Waals surface area contributed by atoms with Gasteiger partial charge in [-0.15, -0.1) is 0 Å². The summed E-state index contributed by atoms with van der Waals surface area (Å²) >= 11 is 5.34. The summed E-state index contributed by atoms with van der Waals surface area (Å²) in [6, 6.07) is 11.7. The average molecular weight is 324 g/mol. The first-order chi connectivity index (χ1) is 11.3. The van der Waals surface area contributed by atoms with Crippen LogP contribution in [0, 0.1) is 4.77 Å². The molecule has 3 heterocycles. The maximum absolute atomic E-state index is 5.42. The second kappa shape index (κ2) is 5.65. The molecule has 0 atom stereocenters. The zero-order valence-electron chi connectivity index (χ0n) is 12.0. The first kappa shape index (κ1) is 13.6. The lowest BCUT2D eigenvalue weighted by Gasteiger charge is -2.07. The van der Waals surface area contributed by atoms with Crippen molar-refractivity contribution in [3.05, 3.63) is 65.7 Å². The molecule has 0 amide bonds. The highest BCUT2D eigenvalue weighted by atomic mass is 32.1. The van der Waals surface area contributed by atoms with E-state index in [1.807, 2.05) is 41.0 Å². The molecule has 0 spiro atoms. The van der Waals surface area contributed by atoms with Gasteiger partial charge in [-0.3, -0.25) is 9.67 Å².